The zero-order valence-electron chi connectivity index (χ0n) is 20.7. The van der Waals surface area contributed by atoms with E-state index in [0.717, 1.165) is 0 Å². The van der Waals surface area contributed by atoms with Crippen LogP contribution in [-0.2, 0) is 26.2 Å². The third-order valence-corrected chi connectivity index (χ3v) is 11.4. The molecule has 1 saturated carbocycles. The second-order valence-corrected chi connectivity index (χ2v) is 14.8. The Balaban J connectivity index is 1.64. The average Bonchev–Trinajstić information content (AvgIpc) is 3.26. The molecule has 0 bridgehead atoms. The minimum Gasteiger partial charge on any atom is -0.291 e. The fraction of sp³-hybridized carbons (Fsp3) is 0.435. The highest BCUT2D eigenvalue weighted by Gasteiger charge is 2.47. The summed E-state index contributed by atoms with van der Waals surface area (Å²) in [5, 5.41) is 15.0. The molecule has 10 nitrogen and oxygen atoms in total. The lowest BCUT2D eigenvalue weighted by atomic mass is 9.97. The third kappa shape index (κ3) is 5.09. The van der Waals surface area contributed by atoms with Gasteiger partial charge in [-0.3, -0.25) is 4.57 Å². The van der Waals surface area contributed by atoms with Gasteiger partial charge in [0.15, 0.2) is 0 Å². The Morgan fingerprint density at radius 1 is 1.18 bits per heavy atom. The summed E-state index contributed by atoms with van der Waals surface area (Å²) in [6, 6.07) is 6.38. The standard InChI is InChI=1S/C23H23F3N6O4S3/c1-14(2)39(35,36)31-8-3-15(4-9-31)18-11-16(38(33,34)30-22(13-27)6-7-22)12-19-17(18)5-10-32(19)21-29-28-20(37-21)23(24,25)26/h3,5,10-12,14,30H,4,6-9H2,1-2H3. The largest absolute Gasteiger partial charge is 0.445 e. The van der Waals surface area contributed by atoms with Crippen LogP contribution in [0.2, 0.25) is 0 Å². The van der Waals surface area contributed by atoms with E-state index in [1.54, 1.807) is 26.0 Å². The Labute approximate surface area is 226 Å². The Morgan fingerprint density at radius 2 is 1.90 bits per heavy atom. The number of benzene rings is 1. The van der Waals surface area contributed by atoms with Gasteiger partial charge in [0.1, 0.15) is 5.54 Å². The van der Waals surface area contributed by atoms with Gasteiger partial charge >= 0.3 is 6.18 Å². The minimum atomic E-state index is -4.69. The summed E-state index contributed by atoms with van der Waals surface area (Å²) in [6.07, 6.45) is -0.468. The number of halogens is 3. The summed E-state index contributed by atoms with van der Waals surface area (Å²) < 4.78 is 96.6. The summed E-state index contributed by atoms with van der Waals surface area (Å²) in [4.78, 5) is -0.176. The summed E-state index contributed by atoms with van der Waals surface area (Å²) >= 11 is 0.316. The SMILES string of the molecule is CC(C)S(=O)(=O)N1CC=C(c2cc(S(=O)(=O)NC3(C#N)CC3)cc3c2ccn3-c2nnc(C(F)(F)F)s2)CC1. The van der Waals surface area contributed by atoms with Crippen LogP contribution in [-0.4, -0.2) is 59.8 Å². The molecule has 1 aliphatic carbocycles. The molecule has 0 amide bonds. The van der Waals surface area contributed by atoms with Crippen molar-refractivity contribution in [1.29, 1.82) is 5.26 Å². The molecule has 3 heterocycles. The van der Waals surface area contributed by atoms with E-state index >= 15 is 0 Å². The maximum atomic E-state index is 13.3. The molecule has 16 heteroatoms. The zero-order valence-corrected chi connectivity index (χ0v) is 23.2. The van der Waals surface area contributed by atoms with Gasteiger partial charge in [-0.25, -0.2) is 16.8 Å². The summed E-state index contributed by atoms with van der Waals surface area (Å²) in [5.41, 5.74) is 0.278. The molecule has 1 N–H and O–H groups in total. The Bertz CT molecular complexity index is 1750. The number of hydrogen-bond donors (Lipinski definition) is 1. The maximum Gasteiger partial charge on any atom is 0.445 e. The van der Waals surface area contributed by atoms with Gasteiger partial charge in [0.05, 0.1) is 21.7 Å². The van der Waals surface area contributed by atoms with Crippen LogP contribution in [0.5, 0.6) is 0 Å². The van der Waals surface area contributed by atoms with Crippen molar-refractivity contribution < 1.29 is 30.0 Å². The zero-order chi connectivity index (χ0) is 28.4. The van der Waals surface area contributed by atoms with Gasteiger partial charge in [-0.15, -0.1) is 10.2 Å². The highest BCUT2D eigenvalue weighted by atomic mass is 32.2. The van der Waals surface area contributed by atoms with Crippen molar-refractivity contribution in [2.24, 2.45) is 0 Å². The molecular formula is C23H23F3N6O4S3. The number of rotatable bonds is 7. The van der Waals surface area contributed by atoms with Crippen molar-refractivity contribution in [3.8, 4) is 11.2 Å². The molecule has 1 fully saturated rings. The van der Waals surface area contributed by atoms with Crippen LogP contribution < -0.4 is 4.72 Å². The minimum absolute atomic E-state index is 0.0934. The van der Waals surface area contributed by atoms with Gasteiger partial charge in [0, 0.05) is 24.7 Å². The number of alkyl halides is 3. The first-order valence-corrected chi connectivity index (χ1v) is 15.7. The van der Waals surface area contributed by atoms with Crippen molar-refractivity contribution in [3.63, 3.8) is 0 Å². The lowest BCUT2D eigenvalue weighted by molar-refractivity contribution is -0.138. The van der Waals surface area contributed by atoms with Gasteiger partial charge in [0.25, 0.3) is 0 Å². The van der Waals surface area contributed by atoms with Gasteiger partial charge in [0.2, 0.25) is 30.2 Å². The normalized spacial score (nSPS) is 18.3. The highest BCUT2D eigenvalue weighted by Crippen LogP contribution is 2.39. The Kier molecular flexibility index (Phi) is 6.66. The van der Waals surface area contributed by atoms with Crippen LogP contribution in [0, 0.1) is 11.3 Å². The van der Waals surface area contributed by atoms with Crippen molar-refractivity contribution in [1.82, 2.24) is 23.8 Å². The molecule has 0 saturated heterocycles. The predicted molar refractivity (Wildman–Crippen MR) is 138 cm³/mol. The van der Waals surface area contributed by atoms with Crippen LogP contribution in [0.4, 0.5) is 13.2 Å². The number of aromatic nitrogens is 3. The lowest BCUT2D eigenvalue weighted by Gasteiger charge is -2.28. The van der Waals surface area contributed by atoms with E-state index in [0.29, 0.717) is 47.1 Å². The second kappa shape index (κ2) is 9.37. The Morgan fingerprint density at radius 3 is 2.44 bits per heavy atom. The smallest absolute Gasteiger partial charge is 0.291 e. The quantitative estimate of drug-likeness (QED) is 0.437. The fourth-order valence-corrected chi connectivity index (χ4v) is 7.69. The molecule has 0 atom stereocenters. The van der Waals surface area contributed by atoms with Crippen LogP contribution >= 0.6 is 11.3 Å². The van der Waals surface area contributed by atoms with E-state index in [4.69, 9.17) is 0 Å². The second-order valence-electron chi connectivity index (χ2n) is 9.71. The van der Waals surface area contributed by atoms with Crippen molar-refractivity contribution >= 4 is 47.9 Å². The van der Waals surface area contributed by atoms with Gasteiger partial charge < -0.3 is 0 Å². The molecular weight excluding hydrogens is 577 g/mol. The first-order valence-electron chi connectivity index (χ1n) is 11.9. The number of nitrogens with zero attached hydrogens (tertiary/aromatic N) is 5. The first-order chi connectivity index (χ1) is 18.2. The number of nitrogens with one attached hydrogen (secondary N) is 1. The molecule has 208 valence electrons. The number of fused-ring (bicyclic) bond motifs is 1. The predicted octanol–water partition coefficient (Wildman–Crippen LogP) is 3.66. The fourth-order valence-electron chi connectivity index (χ4n) is 4.33. The van der Waals surface area contributed by atoms with E-state index in [9.17, 15) is 35.3 Å². The Hall–Kier alpha value is -2.84. The number of sulfonamides is 2. The summed E-state index contributed by atoms with van der Waals surface area (Å²) in [7, 11) is -7.69. The molecule has 2 aliphatic rings. The van der Waals surface area contributed by atoms with Crippen LogP contribution in [0.3, 0.4) is 0 Å². The third-order valence-electron chi connectivity index (χ3n) is 6.72. The maximum absolute atomic E-state index is 13.3. The lowest BCUT2D eigenvalue weighted by Crippen LogP contribution is -2.39. The molecule has 0 spiro atoms. The van der Waals surface area contributed by atoms with E-state index < -0.39 is 42.0 Å². The van der Waals surface area contributed by atoms with E-state index in [2.05, 4.69) is 14.9 Å². The topological polar surface area (TPSA) is 138 Å². The van der Waals surface area contributed by atoms with Crippen LogP contribution in [0.15, 0.2) is 35.4 Å². The van der Waals surface area contributed by atoms with Crippen LogP contribution in [0.1, 0.15) is 43.7 Å². The molecule has 0 radical (unpaired) electrons. The summed E-state index contributed by atoms with van der Waals surface area (Å²) in [6.45, 7) is 3.46. The van der Waals surface area contributed by atoms with Gasteiger partial charge in [-0.2, -0.15) is 27.5 Å². The average molecular weight is 601 g/mol. The summed E-state index contributed by atoms with van der Waals surface area (Å²) in [5.74, 6) is 0. The molecule has 3 aromatic rings. The molecule has 1 aromatic carbocycles. The number of nitriles is 1. The number of hydrogen-bond acceptors (Lipinski definition) is 8. The van der Waals surface area contributed by atoms with Crippen molar-refractivity contribution in [2.75, 3.05) is 13.1 Å². The molecule has 5 rings (SSSR count). The molecule has 2 aromatic heterocycles. The van der Waals surface area contributed by atoms with Crippen molar-refractivity contribution in [3.05, 3.63) is 41.0 Å². The van der Waals surface area contributed by atoms with Crippen molar-refractivity contribution in [2.45, 2.75) is 55.0 Å². The molecule has 39 heavy (non-hydrogen) atoms. The van der Waals surface area contributed by atoms with Gasteiger partial charge in [-0.1, -0.05) is 17.4 Å². The van der Waals surface area contributed by atoms with E-state index in [1.165, 1.54) is 27.2 Å². The van der Waals surface area contributed by atoms with E-state index in [-0.39, 0.29) is 28.6 Å². The van der Waals surface area contributed by atoms with Crippen LogP contribution in [0.25, 0.3) is 21.6 Å². The molecule has 1 aliphatic heterocycles. The monoisotopic (exact) mass is 600 g/mol. The first kappa shape index (κ1) is 27.7. The van der Waals surface area contributed by atoms with E-state index in [1.807, 2.05) is 6.07 Å². The molecule has 0 unspecified atom stereocenters. The highest BCUT2D eigenvalue weighted by molar-refractivity contribution is 7.89. The van der Waals surface area contributed by atoms with Gasteiger partial charge in [-0.05, 0) is 62.4 Å².